The van der Waals surface area contributed by atoms with Crippen LogP contribution in [0, 0.1) is 0 Å². The van der Waals surface area contributed by atoms with Crippen molar-refractivity contribution in [3.8, 4) is 23.0 Å². The average Bonchev–Trinajstić information content (AvgIpc) is 3.21. The van der Waals surface area contributed by atoms with Crippen molar-refractivity contribution in [1.82, 2.24) is 5.32 Å². The van der Waals surface area contributed by atoms with Gasteiger partial charge in [0.2, 0.25) is 0 Å². The highest BCUT2D eigenvalue weighted by molar-refractivity contribution is 7.20. The highest BCUT2D eigenvalue weighted by Gasteiger charge is 2.34. The Kier molecular flexibility index (Phi) is 7.86. The molecule has 0 fully saturated rings. The first-order valence-electron chi connectivity index (χ1n) is 11.5. The van der Waals surface area contributed by atoms with Gasteiger partial charge in [0.1, 0.15) is 17.2 Å². The Morgan fingerprint density at radius 3 is 2.47 bits per heavy atom. The van der Waals surface area contributed by atoms with Gasteiger partial charge in [-0.2, -0.15) is 13.2 Å². The topological polar surface area (TPSA) is 50.7 Å². The first-order chi connectivity index (χ1) is 17.3. The van der Waals surface area contributed by atoms with Gasteiger partial charge in [-0.1, -0.05) is 31.7 Å². The molecule has 0 atom stereocenters. The lowest BCUT2D eigenvalue weighted by molar-refractivity contribution is -0.137. The van der Waals surface area contributed by atoms with Crippen molar-refractivity contribution in [2.24, 2.45) is 0 Å². The molecule has 0 saturated heterocycles. The highest BCUT2D eigenvalue weighted by atomic mass is 32.1. The summed E-state index contributed by atoms with van der Waals surface area (Å²) in [7, 11) is 0. The Labute approximate surface area is 211 Å². The Bertz CT molecular complexity index is 1350. The predicted octanol–water partition coefficient (Wildman–Crippen LogP) is 7.86. The number of hydrogen-bond donors (Lipinski definition) is 2. The molecule has 188 valence electrons. The van der Waals surface area contributed by atoms with Crippen LogP contribution in [0.2, 0.25) is 0 Å². The van der Waals surface area contributed by atoms with E-state index < -0.39 is 11.7 Å². The van der Waals surface area contributed by atoms with Crippen LogP contribution in [0.15, 0.2) is 73.3 Å². The van der Waals surface area contributed by atoms with E-state index in [0.29, 0.717) is 38.8 Å². The fourth-order valence-electron chi connectivity index (χ4n) is 3.76. The number of benzene rings is 3. The Morgan fingerprint density at radius 1 is 1.03 bits per heavy atom. The Hall–Kier alpha value is -3.49. The van der Waals surface area contributed by atoms with Crippen molar-refractivity contribution >= 4 is 27.0 Å². The van der Waals surface area contributed by atoms with Gasteiger partial charge in [-0.25, -0.2) is 0 Å². The molecular weight excluding hydrogens is 487 g/mol. The number of thiophene rings is 1. The summed E-state index contributed by atoms with van der Waals surface area (Å²) >= 11 is 1.22. The lowest BCUT2D eigenvalue weighted by Gasteiger charge is -2.15. The fourth-order valence-corrected chi connectivity index (χ4v) is 4.91. The lowest BCUT2D eigenvalue weighted by Crippen LogP contribution is -2.16. The third-order valence-corrected chi connectivity index (χ3v) is 6.71. The van der Waals surface area contributed by atoms with Crippen molar-refractivity contribution in [2.45, 2.75) is 19.5 Å². The molecule has 1 aromatic heterocycles. The minimum absolute atomic E-state index is 0.0214. The first kappa shape index (κ1) is 25.6. The monoisotopic (exact) mass is 513 g/mol. The Balaban J connectivity index is 1.65. The van der Waals surface area contributed by atoms with Crippen LogP contribution in [0.25, 0.3) is 15.7 Å². The van der Waals surface area contributed by atoms with Gasteiger partial charge in [0.05, 0.1) is 17.0 Å². The van der Waals surface area contributed by atoms with Crippen LogP contribution >= 0.6 is 11.3 Å². The standard InChI is InChI=1S/C28H26F3NO3S/c1-3-32-15-6-16-34-20-10-12-21(13-11-20)35-26-23-14-9-19(33)17-25(23)36-27(26)18(2)22-7-4-5-8-24(22)28(29,30)31/h4-5,7-14,17,32-33H,2-3,6,15-16H2,1H3. The zero-order chi connectivity index (χ0) is 25.7. The maximum atomic E-state index is 13.7. The molecule has 0 amide bonds. The second kappa shape index (κ2) is 11.1. The quantitative estimate of drug-likeness (QED) is 0.212. The molecule has 0 aliphatic rings. The number of ether oxygens (including phenoxy) is 2. The van der Waals surface area contributed by atoms with Crippen LogP contribution in [0.4, 0.5) is 13.2 Å². The molecule has 1 heterocycles. The molecule has 0 spiro atoms. The number of rotatable bonds is 10. The number of phenols is 1. The van der Waals surface area contributed by atoms with Crippen molar-refractivity contribution in [1.29, 1.82) is 0 Å². The molecule has 3 aromatic carbocycles. The van der Waals surface area contributed by atoms with Crippen molar-refractivity contribution in [3.63, 3.8) is 0 Å². The Morgan fingerprint density at radius 2 is 1.75 bits per heavy atom. The predicted molar refractivity (Wildman–Crippen MR) is 138 cm³/mol. The van der Waals surface area contributed by atoms with Gasteiger partial charge in [-0.15, -0.1) is 11.3 Å². The van der Waals surface area contributed by atoms with Crippen molar-refractivity contribution < 1.29 is 27.8 Å². The van der Waals surface area contributed by atoms with Gasteiger partial charge in [0.25, 0.3) is 0 Å². The van der Waals surface area contributed by atoms with Crippen molar-refractivity contribution in [3.05, 3.63) is 89.3 Å². The second-order valence-corrected chi connectivity index (χ2v) is 9.14. The van der Waals surface area contributed by atoms with Gasteiger partial charge in [0.15, 0.2) is 5.75 Å². The second-order valence-electron chi connectivity index (χ2n) is 8.09. The fraction of sp³-hybridized carbons (Fsp3) is 0.214. The van der Waals surface area contributed by atoms with E-state index in [9.17, 15) is 18.3 Å². The smallest absolute Gasteiger partial charge is 0.417 e. The number of fused-ring (bicyclic) bond motifs is 1. The third-order valence-electron chi connectivity index (χ3n) is 5.52. The number of phenolic OH excluding ortho intramolecular Hbond substituents is 1. The van der Waals surface area contributed by atoms with E-state index in [-0.39, 0.29) is 16.9 Å². The number of aromatic hydroxyl groups is 1. The number of halogens is 3. The summed E-state index contributed by atoms with van der Waals surface area (Å²) in [5.74, 6) is 1.64. The summed E-state index contributed by atoms with van der Waals surface area (Å²) < 4.78 is 53.7. The van der Waals surface area contributed by atoms with E-state index in [0.717, 1.165) is 25.6 Å². The normalized spacial score (nSPS) is 11.6. The van der Waals surface area contributed by atoms with Gasteiger partial charge >= 0.3 is 6.18 Å². The summed E-state index contributed by atoms with van der Waals surface area (Å²) in [5.41, 5.74) is -0.594. The molecule has 4 nitrogen and oxygen atoms in total. The molecule has 0 bridgehead atoms. The number of hydrogen-bond acceptors (Lipinski definition) is 5. The summed E-state index contributed by atoms with van der Waals surface area (Å²) in [4.78, 5) is 0.455. The highest BCUT2D eigenvalue weighted by Crippen LogP contribution is 2.47. The summed E-state index contributed by atoms with van der Waals surface area (Å²) in [6.45, 7) is 8.42. The minimum atomic E-state index is -4.53. The zero-order valence-electron chi connectivity index (χ0n) is 19.7. The maximum absolute atomic E-state index is 13.7. The van der Waals surface area contributed by atoms with Crippen LogP contribution in [0.5, 0.6) is 23.0 Å². The summed E-state index contributed by atoms with van der Waals surface area (Å²) in [6.07, 6.45) is -3.65. The van der Waals surface area contributed by atoms with E-state index in [1.165, 1.54) is 29.5 Å². The van der Waals surface area contributed by atoms with E-state index in [2.05, 4.69) is 18.8 Å². The lowest BCUT2D eigenvalue weighted by atomic mass is 9.98. The number of nitrogens with one attached hydrogen (secondary N) is 1. The SMILES string of the molecule is C=C(c1ccccc1C(F)(F)F)c1sc2cc(O)ccc2c1Oc1ccc(OCCCNCC)cc1. The molecule has 0 aliphatic carbocycles. The third kappa shape index (κ3) is 5.83. The van der Waals surface area contributed by atoms with Crippen LogP contribution < -0.4 is 14.8 Å². The van der Waals surface area contributed by atoms with Crippen molar-refractivity contribution in [2.75, 3.05) is 19.7 Å². The molecule has 4 rings (SSSR count). The molecule has 8 heteroatoms. The van der Waals surface area contributed by atoms with Crippen LogP contribution in [-0.2, 0) is 6.18 Å². The summed E-state index contributed by atoms with van der Waals surface area (Å²) in [5, 5.41) is 13.9. The molecule has 0 aliphatic heterocycles. The molecule has 0 radical (unpaired) electrons. The van der Waals surface area contributed by atoms with Gasteiger partial charge in [-0.05, 0) is 79.2 Å². The van der Waals surface area contributed by atoms with E-state index in [1.807, 2.05) is 0 Å². The van der Waals surface area contributed by atoms with Gasteiger partial charge in [-0.3, -0.25) is 0 Å². The summed E-state index contributed by atoms with van der Waals surface area (Å²) in [6, 6.07) is 17.2. The first-order valence-corrected chi connectivity index (χ1v) is 12.3. The van der Waals surface area contributed by atoms with Crippen LogP contribution in [0.3, 0.4) is 0 Å². The average molecular weight is 514 g/mol. The minimum Gasteiger partial charge on any atom is -0.508 e. The maximum Gasteiger partial charge on any atom is 0.417 e. The zero-order valence-corrected chi connectivity index (χ0v) is 20.5. The molecule has 0 saturated carbocycles. The molecule has 0 unspecified atom stereocenters. The van der Waals surface area contributed by atoms with E-state index >= 15 is 0 Å². The van der Waals surface area contributed by atoms with Crippen LogP contribution in [-0.4, -0.2) is 24.8 Å². The van der Waals surface area contributed by atoms with Gasteiger partial charge < -0.3 is 19.9 Å². The molecule has 36 heavy (non-hydrogen) atoms. The largest absolute Gasteiger partial charge is 0.508 e. The molecular formula is C28H26F3NO3S. The molecule has 4 aromatic rings. The van der Waals surface area contributed by atoms with E-state index in [4.69, 9.17) is 9.47 Å². The molecule has 2 N–H and O–H groups in total. The van der Waals surface area contributed by atoms with Crippen LogP contribution in [0.1, 0.15) is 29.3 Å². The number of alkyl halides is 3. The van der Waals surface area contributed by atoms with Gasteiger partial charge in [0, 0.05) is 10.1 Å². The van der Waals surface area contributed by atoms with E-state index in [1.54, 1.807) is 42.5 Å².